The highest BCUT2D eigenvalue weighted by Crippen LogP contribution is 2.39. The highest BCUT2D eigenvalue weighted by molar-refractivity contribution is 5.91. The summed E-state index contributed by atoms with van der Waals surface area (Å²) in [6.07, 6.45) is 0. The molecule has 6 heteroatoms. The van der Waals surface area contributed by atoms with E-state index in [1.807, 2.05) is 0 Å². The highest BCUT2D eigenvalue weighted by Gasteiger charge is 2.22. The van der Waals surface area contributed by atoms with Gasteiger partial charge in [-0.25, -0.2) is 4.79 Å². The Balaban J connectivity index is 2.43. The molecule has 1 aliphatic heterocycles. The van der Waals surface area contributed by atoms with Gasteiger partial charge in [0.25, 0.3) is 0 Å². The van der Waals surface area contributed by atoms with Crippen LogP contribution >= 0.6 is 0 Å². The Morgan fingerprint density at radius 3 is 2.30 bits per heavy atom. The Morgan fingerprint density at radius 2 is 1.80 bits per heavy atom. The number of anilines is 1. The number of hydrogen-bond donors (Lipinski definition) is 1. The summed E-state index contributed by atoms with van der Waals surface area (Å²) < 4.78 is 10.7. The summed E-state index contributed by atoms with van der Waals surface area (Å²) in [7, 11) is 5.15. The number of rotatable bonds is 4. The third-order valence-electron chi connectivity index (χ3n) is 3.55. The SMILES string of the molecule is COc1cc(C(=O)O)cc(N2CCN(C)CC2)c1OC. The first-order valence-electron chi connectivity index (χ1n) is 6.49. The average Bonchev–Trinajstić information content (AvgIpc) is 2.46. The number of piperazine rings is 1. The van der Waals surface area contributed by atoms with Crippen LogP contribution in [0.15, 0.2) is 12.1 Å². The van der Waals surface area contributed by atoms with Gasteiger partial charge in [-0.2, -0.15) is 0 Å². The standard InChI is InChI=1S/C14H20N2O4/c1-15-4-6-16(7-5-15)11-8-10(14(17)18)9-12(19-2)13(11)20-3/h8-9H,4-7H2,1-3H3,(H,17,18). The molecular weight excluding hydrogens is 260 g/mol. The van der Waals surface area contributed by atoms with E-state index in [1.165, 1.54) is 13.2 Å². The van der Waals surface area contributed by atoms with E-state index in [1.54, 1.807) is 13.2 Å². The predicted octanol–water partition coefficient (Wildman–Crippen LogP) is 1.15. The molecule has 0 radical (unpaired) electrons. The van der Waals surface area contributed by atoms with Gasteiger partial charge in [0.15, 0.2) is 11.5 Å². The van der Waals surface area contributed by atoms with Gasteiger partial charge in [-0.05, 0) is 19.2 Å². The first-order valence-corrected chi connectivity index (χ1v) is 6.49. The fourth-order valence-corrected chi connectivity index (χ4v) is 2.35. The molecule has 1 saturated heterocycles. The largest absolute Gasteiger partial charge is 0.493 e. The molecule has 1 N–H and O–H groups in total. The molecule has 1 heterocycles. The zero-order chi connectivity index (χ0) is 14.7. The molecule has 0 amide bonds. The van der Waals surface area contributed by atoms with Crippen LogP contribution in [0, 0.1) is 0 Å². The third-order valence-corrected chi connectivity index (χ3v) is 3.55. The first kappa shape index (κ1) is 14.5. The van der Waals surface area contributed by atoms with E-state index < -0.39 is 5.97 Å². The monoisotopic (exact) mass is 280 g/mol. The van der Waals surface area contributed by atoms with Crippen molar-refractivity contribution in [1.82, 2.24) is 4.90 Å². The van der Waals surface area contributed by atoms with E-state index in [0.29, 0.717) is 11.5 Å². The molecule has 110 valence electrons. The lowest BCUT2D eigenvalue weighted by Crippen LogP contribution is -2.44. The van der Waals surface area contributed by atoms with E-state index in [-0.39, 0.29) is 5.56 Å². The van der Waals surface area contributed by atoms with Crippen molar-refractivity contribution < 1.29 is 19.4 Å². The lowest BCUT2D eigenvalue weighted by atomic mass is 10.1. The van der Waals surface area contributed by atoms with Crippen LogP contribution in [0.5, 0.6) is 11.5 Å². The van der Waals surface area contributed by atoms with Crippen molar-refractivity contribution in [3.05, 3.63) is 17.7 Å². The fraction of sp³-hybridized carbons (Fsp3) is 0.500. The molecular formula is C14H20N2O4. The highest BCUT2D eigenvalue weighted by atomic mass is 16.5. The van der Waals surface area contributed by atoms with Crippen molar-refractivity contribution in [3.8, 4) is 11.5 Å². The minimum atomic E-state index is -0.971. The average molecular weight is 280 g/mol. The maximum Gasteiger partial charge on any atom is 0.335 e. The summed E-state index contributed by atoms with van der Waals surface area (Å²) in [5.74, 6) is 0.0599. The molecule has 6 nitrogen and oxygen atoms in total. The van der Waals surface area contributed by atoms with E-state index in [4.69, 9.17) is 9.47 Å². The lowest BCUT2D eigenvalue weighted by Gasteiger charge is -2.35. The number of carboxylic acid groups (broad SMARTS) is 1. The Morgan fingerprint density at radius 1 is 1.15 bits per heavy atom. The Hall–Kier alpha value is -1.95. The molecule has 0 spiro atoms. The molecule has 0 bridgehead atoms. The topological polar surface area (TPSA) is 62.2 Å². The maximum absolute atomic E-state index is 11.2. The number of carboxylic acids is 1. The van der Waals surface area contributed by atoms with E-state index in [9.17, 15) is 9.90 Å². The molecule has 0 atom stereocenters. The van der Waals surface area contributed by atoms with Crippen molar-refractivity contribution >= 4 is 11.7 Å². The zero-order valence-corrected chi connectivity index (χ0v) is 12.0. The molecule has 1 fully saturated rings. The fourth-order valence-electron chi connectivity index (χ4n) is 2.35. The van der Waals surface area contributed by atoms with Crippen molar-refractivity contribution in [2.45, 2.75) is 0 Å². The first-order chi connectivity index (χ1) is 9.56. The van der Waals surface area contributed by atoms with Crippen LogP contribution in [0.3, 0.4) is 0 Å². The predicted molar refractivity (Wildman–Crippen MR) is 76.2 cm³/mol. The summed E-state index contributed by atoms with van der Waals surface area (Å²) >= 11 is 0. The molecule has 0 aromatic heterocycles. The second kappa shape index (κ2) is 6.00. The van der Waals surface area contributed by atoms with Crippen LogP contribution in [0.4, 0.5) is 5.69 Å². The van der Waals surface area contributed by atoms with Gasteiger partial charge in [0, 0.05) is 26.2 Å². The molecule has 1 aliphatic rings. The minimum Gasteiger partial charge on any atom is -0.493 e. The summed E-state index contributed by atoms with van der Waals surface area (Å²) in [5.41, 5.74) is 0.980. The summed E-state index contributed by atoms with van der Waals surface area (Å²) in [5, 5.41) is 9.21. The van der Waals surface area contributed by atoms with Crippen molar-refractivity contribution in [3.63, 3.8) is 0 Å². The van der Waals surface area contributed by atoms with E-state index in [0.717, 1.165) is 31.9 Å². The Kier molecular flexibility index (Phi) is 4.34. The quantitative estimate of drug-likeness (QED) is 0.893. The van der Waals surface area contributed by atoms with Crippen molar-refractivity contribution in [1.29, 1.82) is 0 Å². The number of likely N-dealkylation sites (N-methyl/N-ethyl adjacent to an activating group) is 1. The number of carbonyl (C=O) groups is 1. The number of aromatic carboxylic acids is 1. The maximum atomic E-state index is 11.2. The van der Waals surface area contributed by atoms with Gasteiger partial charge in [0.05, 0.1) is 25.5 Å². The molecule has 0 unspecified atom stereocenters. The van der Waals surface area contributed by atoms with Crippen molar-refractivity contribution in [2.75, 3.05) is 52.3 Å². The smallest absolute Gasteiger partial charge is 0.335 e. The second-order valence-electron chi connectivity index (χ2n) is 4.83. The van der Waals surface area contributed by atoms with E-state index in [2.05, 4.69) is 16.8 Å². The zero-order valence-electron chi connectivity index (χ0n) is 12.0. The van der Waals surface area contributed by atoms with Gasteiger partial charge in [-0.1, -0.05) is 0 Å². The lowest BCUT2D eigenvalue weighted by molar-refractivity contribution is 0.0696. The minimum absolute atomic E-state index is 0.205. The van der Waals surface area contributed by atoms with Crippen LogP contribution in [-0.4, -0.2) is 63.4 Å². The summed E-state index contributed by atoms with van der Waals surface area (Å²) in [6, 6.07) is 3.13. The molecule has 0 saturated carbocycles. The number of ether oxygens (including phenoxy) is 2. The molecule has 0 aliphatic carbocycles. The van der Waals surface area contributed by atoms with Gasteiger partial charge >= 0.3 is 5.97 Å². The van der Waals surface area contributed by atoms with Crippen molar-refractivity contribution in [2.24, 2.45) is 0 Å². The van der Waals surface area contributed by atoms with Crippen LogP contribution in [0.1, 0.15) is 10.4 Å². The normalized spacial score (nSPS) is 16.1. The molecule has 20 heavy (non-hydrogen) atoms. The number of hydrogen-bond acceptors (Lipinski definition) is 5. The van der Waals surface area contributed by atoms with Gasteiger partial charge in [0.2, 0.25) is 0 Å². The Bertz CT molecular complexity index is 496. The van der Waals surface area contributed by atoms with Crippen LogP contribution in [0.25, 0.3) is 0 Å². The van der Waals surface area contributed by atoms with Gasteiger partial charge < -0.3 is 24.4 Å². The number of benzene rings is 1. The number of methoxy groups -OCH3 is 2. The van der Waals surface area contributed by atoms with Crippen LogP contribution in [0.2, 0.25) is 0 Å². The second-order valence-corrected chi connectivity index (χ2v) is 4.83. The molecule has 1 aromatic rings. The summed E-state index contributed by atoms with van der Waals surface area (Å²) in [4.78, 5) is 15.6. The van der Waals surface area contributed by atoms with Gasteiger partial charge in [-0.3, -0.25) is 0 Å². The summed E-state index contributed by atoms with van der Waals surface area (Å²) in [6.45, 7) is 3.53. The molecule has 1 aromatic carbocycles. The Labute approximate surface area is 118 Å². The van der Waals surface area contributed by atoms with Crippen LogP contribution in [-0.2, 0) is 0 Å². The van der Waals surface area contributed by atoms with Crippen LogP contribution < -0.4 is 14.4 Å². The third kappa shape index (κ3) is 2.80. The van der Waals surface area contributed by atoms with Gasteiger partial charge in [-0.15, -0.1) is 0 Å². The number of nitrogens with zero attached hydrogens (tertiary/aromatic N) is 2. The molecule has 2 rings (SSSR count). The van der Waals surface area contributed by atoms with Gasteiger partial charge in [0.1, 0.15) is 0 Å². The van der Waals surface area contributed by atoms with E-state index >= 15 is 0 Å².